The number of hydrogen-bond acceptors (Lipinski definition) is 3. The molecule has 5 heteroatoms. The van der Waals surface area contributed by atoms with Crippen LogP contribution in [0.1, 0.15) is 36.7 Å². The number of aromatic hydroxyl groups is 1. The summed E-state index contributed by atoms with van der Waals surface area (Å²) < 4.78 is 2.27. The zero-order valence-corrected chi connectivity index (χ0v) is 10.2. The van der Waals surface area contributed by atoms with Gasteiger partial charge in [0.15, 0.2) is 11.6 Å². The molecule has 0 fully saturated rings. The maximum absolute atomic E-state index is 12.1. The Morgan fingerprint density at radius 1 is 1.50 bits per heavy atom. The third-order valence-electron chi connectivity index (χ3n) is 3.80. The number of aromatic nitrogens is 1. The van der Waals surface area contributed by atoms with Crippen LogP contribution >= 0.6 is 0 Å². The van der Waals surface area contributed by atoms with Crippen LogP contribution in [0.5, 0.6) is 5.88 Å². The van der Waals surface area contributed by atoms with Gasteiger partial charge in [-0.25, -0.2) is 0 Å². The van der Waals surface area contributed by atoms with Crippen molar-refractivity contribution in [2.75, 3.05) is 0 Å². The van der Waals surface area contributed by atoms with Crippen molar-refractivity contribution in [1.29, 1.82) is 0 Å². The molecule has 1 aromatic heterocycles. The molecule has 0 saturated carbocycles. The van der Waals surface area contributed by atoms with Gasteiger partial charge in [0.2, 0.25) is 6.21 Å². The lowest BCUT2D eigenvalue weighted by molar-refractivity contribution is -0.408. The Morgan fingerprint density at radius 3 is 3.06 bits per heavy atom. The zero-order valence-electron chi connectivity index (χ0n) is 10.2. The minimum Gasteiger partial charge on any atom is -0.618 e. The monoisotopic (exact) mass is 248 g/mol. The number of aliphatic hydroxyl groups excluding tert-OH is 1. The first-order valence-electron chi connectivity index (χ1n) is 6.19. The van der Waals surface area contributed by atoms with Crippen molar-refractivity contribution in [1.82, 2.24) is 4.57 Å². The van der Waals surface area contributed by atoms with E-state index in [1.54, 1.807) is 13.0 Å². The number of allylic oxidation sites excluding steroid dienone is 1. The van der Waals surface area contributed by atoms with Gasteiger partial charge >= 0.3 is 0 Å². The summed E-state index contributed by atoms with van der Waals surface area (Å²) in [5.41, 5.74) is 1.81. The minimum absolute atomic E-state index is 0.0361. The third kappa shape index (κ3) is 1.47. The van der Waals surface area contributed by atoms with E-state index >= 15 is 0 Å². The average molecular weight is 248 g/mol. The van der Waals surface area contributed by atoms with Crippen LogP contribution in [-0.2, 0) is 0 Å². The molecule has 2 atom stereocenters. The van der Waals surface area contributed by atoms with Crippen LogP contribution in [0.4, 0.5) is 0 Å². The summed E-state index contributed by atoms with van der Waals surface area (Å²) in [6.45, 7) is 1.75. The van der Waals surface area contributed by atoms with E-state index in [2.05, 4.69) is 0 Å². The summed E-state index contributed by atoms with van der Waals surface area (Å²) in [4.78, 5) is 0. The highest BCUT2D eigenvalue weighted by Crippen LogP contribution is 2.38. The highest BCUT2D eigenvalue weighted by Gasteiger charge is 2.37. The molecular formula is C13H16N2O3. The first-order chi connectivity index (χ1) is 8.59. The summed E-state index contributed by atoms with van der Waals surface area (Å²) in [7, 11) is 0. The molecule has 1 aliphatic heterocycles. The van der Waals surface area contributed by atoms with Gasteiger partial charge in [-0.15, -0.1) is 0 Å². The fourth-order valence-electron chi connectivity index (χ4n) is 2.86. The molecule has 1 aliphatic carbocycles. The number of hydrogen-bond donors (Lipinski definition) is 2. The number of hydroxylamine groups is 1. The maximum Gasteiger partial charge on any atom is 0.204 e. The normalized spacial score (nSPS) is 26.8. The van der Waals surface area contributed by atoms with Crippen LogP contribution < -0.4 is 0 Å². The van der Waals surface area contributed by atoms with Crippen molar-refractivity contribution in [3.8, 4) is 5.88 Å². The van der Waals surface area contributed by atoms with Crippen LogP contribution in [0.25, 0.3) is 0 Å². The van der Waals surface area contributed by atoms with E-state index in [9.17, 15) is 15.4 Å². The number of aryl methyl sites for hydroxylation is 1. The quantitative estimate of drug-likeness (QED) is 0.541. The second kappa shape index (κ2) is 3.88. The molecule has 96 valence electrons. The van der Waals surface area contributed by atoms with Crippen molar-refractivity contribution in [3.05, 3.63) is 34.3 Å². The molecule has 2 aliphatic rings. The summed E-state index contributed by atoms with van der Waals surface area (Å²) in [5, 5.41) is 32.5. The van der Waals surface area contributed by atoms with Crippen LogP contribution in [0, 0.1) is 18.0 Å². The van der Waals surface area contributed by atoms with Gasteiger partial charge in [-0.3, -0.25) is 4.57 Å². The van der Waals surface area contributed by atoms with Crippen LogP contribution in [0.15, 0.2) is 17.8 Å². The molecule has 2 heterocycles. The van der Waals surface area contributed by atoms with Gasteiger partial charge in [0.1, 0.15) is 11.9 Å². The van der Waals surface area contributed by atoms with E-state index in [1.807, 2.05) is 6.08 Å². The van der Waals surface area contributed by atoms with Crippen LogP contribution in [-0.4, -0.2) is 25.7 Å². The Morgan fingerprint density at radius 2 is 2.28 bits per heavy atom. The second-order valence-corrected chi connectivity index (χ2v) is 4.98. The standard InChI is InChI=1S/C13H16N2O3/c1-8-6-9-7-14(18)11-5-3-2-4-10(11)13(17)15(9)12(8)16/h5-7,10,13,16-17H,2-4H2,1H3. The van der Waals surface area contributed by atoms with Gasteiger partial charge in [0.05, 0.1) is 5.92 Å². The summed E-state index contributed by atoms with van der Waals surface area (Å²) >= 11 is 0. The van der Waals surface area contributed by atoms with E-state index in [4.69, 9.17) is 0 Å². The number of aliphatic hydroxyl groups is 1. The molecule has 2 unspecified atom stereocenters. The molecule has 0 aromatic carbocycles. The van der Waals surface area contributed by atoms with E-state index in [1.165, 1.54) is 10.8 Å². The first-order valence-corrected chi connectivity index (χ1v) is 6.19. The minimum atomic E-state index is -0.879. The number of fused-ring (bicyclic) bond motifs is 2. The SMILES string of the molecule is Cc1cc2n(c1O)C(O)C1CCCC=C1[N+]([O-])=C2. The molecule has 2 N–H and O–H groups in total. The third-order valence-corrected chi connectivity index (χ3v) is 3.80. The Bertz CT molecular complexity index is 557. The van der Waals surface area contributed by atoms with Crippen molar-refractivity contribution < 1.29 is 15.0 Å². The molecular weight excluding hydrogens is 232 g/mol. The Balaban J connectivity index is 2.20. The topological polar surface area (TPSA) is 71.5 Å². The first kappa shape index (κ1) is 11.3. The molecule has 3 rings (SSSR count). The molecule has 1 aromatic rings. The average Bonchev–Trinajstić information content (AvgIpc) is 2.58. The van der Waals surface area contributed by atoms with Gasteiger partial charge < -0.3 is 15.4 Å². The molecule has 0 amide bonds. The Kier molecular flexibility index (Phi) is 2.45. The molecule has 0 spiro atoms. The van der Waals surface area contributed by atoms with Gasteiger partial charge in [0, 0.05) is 5.56 Å². The Labute approximate surface area is 105 Å². The predicted molar refractivity (Wildman–Crippen MR) is 66.3 cm³/mol. The zero-order chi connectivity index (χ0) is 12.9. The predicted octanol–water partition coefficient (Wildman–Crippen LogP) is 1.62. The summed E-state index contributed by atoms with van der Waals surface area (Å²) in [5.74, 6) is -0.208. The van der Waals surface area contributed by atoms with Gasteiger partial charge in [-0.1, -0.05) is 0 Å². The van der Waals surface area contributed by atoms with E-state index in [0.29, 0.717) is 17.0 Å². The lowest BCUT2D eigenvalue weighted by Gasteiger charge is -2.25. The molecule has 18 heavy (non-hydrogen) atoms. The van der Waals surface area contributed by atoms with Crippen LogP contribution in [0.2, 0.25) is 0 Å². The van der Waals surface area contributed by atoms with Gasteiger partial charge in [0.25, 0.3) is 0 Å². The van der Waals surface area contributed by atoms with E-state index in [0.717, 1.165) is 24.0 Å². The van der Waals surface area contributed by atoms with Crippen molar-refractivity contribution in [2.45, 2.75) is 32.4 Å². The van der Waals surface area contributed by atoms with Crippen molar-refractivity contribution in [2.24, 2.45) is 5.92 Å². The van der Waals surface area contributed by atoms with Crippen molar-refractivity contribution >= 4 is 6.21 Å². The largest absolute Gasteiger partial charge is 0.618 e. The number of rotatable bonds is 0. The van der Waals surface area contributed by atoms with E-state index < -0.39 is 6.23 Å². The summed E-state index contributed by atoms with van der Waals surface area (Å²) in [6.07, 6.45) is 5.01. The molecule has 0 saturated heterocycles. The fourth-order valence-corrected chi connectivity index (χ4v) is 2.86. The van der Waals surface area contributed by atoms with Gasteiger partial charge in [-0.2, -0.15) is 4.74 Å². The molecule has 5 nitrogen and oxygen atoms in total. The number of nitrogens with zero attached hydrogens (tertiary/aromatic N) is 2. The maximum atomic E-state index is 12.1. The van der Waals surface area contributed by atoms with Gasteiger partial charge in [-0.05, 0) is 38.3 Å². The highest BCUT2D eigenvalue weighted by atomic mass is 16.5. The Hall–Kier alpha value is -1.75. The summed E-state index contributed by atoms with van der Waals surface area (Å²) in [6, 6.07) is 1.71. The van der Waals surface area contributed by atoms with Crippen molar-refractivity contribution in [3.63, 3.8) is 0 Å². The lowest BCUT2D eigenvalue weighted by Crippen LogP contribution is -2.24. The van der Waals surface area contributed by atoms with Crippen LogP contribution in [0.3, 0.4) is 0 Å². The smallest absolute Gasteiger partial charge is 0.204 e. The molecule has 0 bridgehead atoms. The second-order valence-electron chi connectivity index (χ2n) is 4.98. The highest BCUT2D eigenvalue weighted by molar-refractivity contribution is 5.76. The van der Waals surface area contributed by atoms with E-state index in [-0.39, 0.29) is 11.8 Å². The fraction of sp³-hybridized carbons (Fsp3) is 0.462. The molecule has 0 radical (unpaired) electrons. The lowest BCUT2D eigenvalue weighted by atomic mass is 9.91.